The summed E-state index contributed by atoms with van der Waals surface area (Å²) in [6.45, 7) is 0. The lowest BCUT2D eigenvalue weighted by atomic mass is 10.00. The number of rotatable bonds is 8. The molecule has 0 aliphatic heterocycles. The molecule has 0 aliphatic rings. The Hall–Kier alpha value is -8.48. The lowest BCUT2D eigenvalue weighted by Gasteiger charge is -2.25. The highest BCUT2D eigenvalue weighted by molar-refractivity contribution is 6.10. The van der Waals surface area contributed by atoms with Crippen molar-refractivity contribution in [2.24, 2.45) is 0 Å². The summed E-state index contributed by atoms with van der Waals surface area (Å²) in [4.78, 5) is 11.7. The Bertz CT molecular complexity index is 3480. The van der Waals surface area contributed by atoms with Gasteiger partial charge in [-0.25, -0.2) is 9.97 Å². The van der Waals surface area contributed by atoms with Crippen molar-refractivity contribution in [1.29, 1.82) is 0 Å². The number of nitrogens with zero attached hydrogens (tertiary/aromatic N) is 4. The first-order valence-corrected chi connectivity index (χ1v) is 20.7. The molecule has 6 heteroatoms. The highest BCUT2D eigenvalue weighted by Gasteiger charge is 2.17. The normalized spacial score (nSPS) is 11.5. The molecule has 0 saturated heterocycles. The van der Waals surface area contributed by atoms with E-state index in [1.165, 1.54) is 10.9 Å². The Balaban J connectivity index is 0.804. The number of anilines is 3. The minimum atomic E-state index is 0.615. The van der Waals surface area contributed by atoms with E-state index in [4.69, 9.17) is 18.8 Å². The average Bonchev–Trinajstić information content (AvgIpc) is 4.07. The van der Waals surface area contributed by atoms with Crippen LogP contribution in [0, 0.1) is 0 Å². The minimum Gasteiger partial charge on any atom is -0.436 e. The molecule has 0 unspecified atom stereocenters. The molecule has 0 aliphatic carbocycles. The summed E-state index contributed by atoms with van der Waals surface area (Å²) < 4.78 is 14.5. The second-order valence-corrected chi connectivity index (χ2v) is 15.4. The zero-order valence-corrected chi connectivity index (χ0v) is 33.4. The van der Waals surface area contributed by atoms with E-state index in [1.807, 2.05) is 54.6 Å². The van der Waals surface area contributed by atoms with Crippen LogP contribution in [0.3, 0.4) is 0 Å². The first kappa shape index (κ1) is 35.5. The van der Waals surface area contributed by atoms with Crippen LogP contribution in [0.25, 0.3) is 94.9 Å². The zero-order valence-electron chi connectivity index (χ0n) is 33.4. The van der Waals surface area contributed by atoms with E-state index in [1.54, 1.807) is 0 Å². The summed E-state index contributed by atoms with van der Waals surface area (Å²) in [6.07, 6.45) is 0. The lowest BCUT2D eigenvalue weighted by Crippen LogP contribution is -2.09. The molecule has 0 saturated carbocycles. The van der Waals surface area contributed by atoms with E-state index in [2.05, 4.69) is 173 Å². The number of benzene rings is 9. The topological polar surface area (TPSA) is 60.2 Å². The number of aromatic nitrogens is 3. The van der Waals surface area contributed by atoms with Crippen LogP contribution >= 0.6 is 0 Å². The van der Waals surface area contributed by atoms with E-state index >= 15 is 0 Å². The van der Waals surface area contributed by atoms with Crippen LogP contribution in [0.1, 0.15) is 0 Å². The van der Waals surface area contributed by atoms with E-state index in [9.17, 15) is 0 Å². The Morgan fingerprint density at radius 3 is 1.37 bits per heavy atom. The Kier molecular flexibility index (Phi) is 8.38. The molecule has 0 bridgehead atoms. The van der Waals surface area contributed by atoms with Gasteiger partial charge in [-0.1, -0.05) is 109 Å². The fourth-order valence-corrected chi connectivity index (χ4v) is 8.61. The molecule has 0 atom stereocenters. The molecular weight excluding hydrogens is 761 g/mol. The van der Waals surface area contributed by atoms with Crippen molar-refractivity contribution in [3.05, 3.63) is 218 Å². The molecule has 0 radical (unpaired) electrons. The van der Waals surface area contributed by atoms with E-state index < -0.39 is 0 Å². The lowest BCUT2D eigenvalue weighted by molar-refractivity contribution is 0.619. The molecule has 0 amide bonds. The highest BCUT2D eigenvalue weighted by atomic mass is 16.4. The van der Waals surface area contributed by atoms with Gasteiger partial charge in [-0.05, 0) is 131 Å². The first-order valence-electron chi connectivity index (χ1n) is 20.7. The summed E-state index contributed by atoms with van der Waals surface area (Å²) in [5, 5.41) is 2.35. The standard InChI is InChI=1S/C56H36N4O2/c1-2-10-43(11-3-1)59(45-33-26-41(27-34-45)55-57-49-13-5-8-16-53(49)61-55)44-29-22-39(23-30-44)37-18-20-38(21-19-37)40-24-31-46(32-25-40)60-51-15-7-4-12-47(51)48-36-42(28-35-52(48)60)56-58-50-14-6-9-17-54(50)62-56/h1-36H. The van der Waals surface area contributed by atoms with Crippen molar-refractivity contribution in [2.75, 3.05) is 4.90 Å². The molecular formula is C56H36N4O2. The quantitative estimate of drug-likeness (QED) is 0.153. The molecule has 9 aromatic carbocycles. The zero-order chi connectivity index (χ0) is 41.0. The van der Waals surface area contributed by atoms with Gasteiger partial charge in [0.15, 0.2) is 11.2 Å². The Morgan fingerprint density at radius 1 is 0.339 bits per heavy atom. The molecule has 12 rings (SSSR count). The SMILES string of the molecule is c1ccc(N(c2ccc(-c3ccc(-c4ccc(-n5c6ccccc6c6cc(-c7nc8ccccc8o7)ccc65)cc4)cc3)cc2)c2ccc(-c3nc4ccccc4o3)cc2)cc1. The summed E-state index contributed by atoms with van der Waals surface area (Å²) in [5.74, 6) is 1.24. The third-order valence-corrected chi connectivity index (χ3v) is 11.7. The molecule has 12 aromatic rings. The van der Waals surface area contributed by atoms with Crippen molar-refractivity contribution in [3.8, 4) is 50.8 Å². The second-order valence-electron chi connectivity index (χ2n) is 15.4. The Labute approximate surface area is 357 Å². The van der Waals surface area contributed by atoms with Crippen molar-refractivity contribution in [2.45, 2.75) is 0 Å². The largest absolute Gasteiger partial charge is 0.436 e. The van der Waals surface area contributed by atoms with Crippen LogP contribution in [-0.4, -0.2) is 14.5 Å². The van der Waals surface area contributed by atoms with Gasteiger partial charge in [0.05, 0.1) is 11.0 Å². The number of hydrogen-bond acceptors (Lipinski definition) is 5. The monoisotopic (exact) mass is 796 g/mol. The van der Waals surface area contributed by atoms with Crippen molar-refractivity contribution in [1.82, 2.24) is 14.5 Å². The molecule has 62 heavy (non-hydrogen) atoms. The minimum absolute atomic E-state index is 0.615. The number of fused-ring (bicyclic) bond motifs is 5. The van der Waals surface area contributed by atoms with E-state index in [0.717, 1.165) is 89.2 Å². The molecule has 292 valence electrons. The molecule has 0 fully saturated rings. The van der Waals surface area contributed by atoms with Gasteiger partial charge < -0.3 is 18.3 Å². The van der Waals surface area contributed by atoms with Crippen LogP contribution in [-0.2, 0) is 0 Å². The van der Waals surface area contributed by atoms with Crippen molar-refractivity contribution < 1.29 is 8.83 Å². The van der Waals surface area contributed by atoms with Gasteiger partial charge in [0.2, 0.25) is 11.8 Å². The maximum absolute atomic E-state index is 6.13. The molecule has 0 spiro atoms. The summed E-state index contributed by atoms with van der Waals surface area (Å²) in [6, 6.07) is 76.1. The van der Waals surface area contributed by atoms with Crippen LogP contribution < -0.4 is 4.90 Å². The molecule has 3 aromatic heterocycles. The summed E-state index contributed by atoms with van der Waals surface area (Å²) >= 11 is 0. The van der Waals surface area contributed by atoms with Gasteiger partial charge >= 0.3 is 0 Å². The fraction of sp³-hybridized carbons (Fsp3) is 0. The fourth-order valence-electron chi connectivity index (χ4n) is 8.61. The van der Waals surface area contributed by atoms with Gasteiger partial charge in [-0.15, -0.1) is 0 Å². The van der Waals surface area contributed by atoms with Crippen molar-refractivity contribution >= 4 is 61.1 Å². The smallest absolute Gasteiger partial charge is 0.227 e. The first-order chi connectivity index (χ1) is 30.7. The maximum Gasteiger partial charge on any atom is 0.227 e. The number of hydrogen-bond donors (Lipinski definition) is 0. The average molecular weight is 797 g/mol. The van der Waals surface area contributed by atoms with Crippen LogP contribution in [0.5, 0.6) is 0 Å². The molecule has 0 N–H and O–H groups in total. The van der Waals surface area contributed by atoms with Crippen molar-refractivity contribution in [3.63, 3.8) is 0 Å². The predicted molar refractivity (Wildman–Crippen MR) is 252 cm³/mol. The van der Waals surface area contributed by atoms with Crippen LogP contribution in [0.2, 0.25) is 0 Å². The van der Waals surface area contributed by atoms with Crippen LogP contribution in [0.4, 0.5) is 17.1 Å². The molecule has 6 nitrogen and oxygen atoms in total. The summed E-state index contributed by atoms with van der Waals surface area (Å²) in [5.41, 5.74) is 16.4. The maximum atomic E-state index is 6.13. The third kappa shape index (κ3) is 6.21. The van der Waals surface area contributed by atoms with E-state index in [0.29, 0.717) is 11.8 Å². The second kappa shape index (κ2) is 14.7. The van der Waals surface area contributed by atoms with Gasteiger partial charge in [0, 0.05) is 44.6 Å². The van der Waals surface area contributed by atoms with Gasteiger partial charge in [0.1, 0.15) is 11.0 Å². The van der Waals surface area contributed by atoms with E-state index in [-0.39, 0.29) is 0 Å². The van der Waals surface area contributed by atoms with Gasteiger partial charge in [-0.3, -0.25) is 0 Å². The van der Waals surface area contributed by atoms with Gasteiger partial charge in [0.25, 0.3) is 0 Å². The third-order valence-electron chi connectivity index (χ3n) is 11.7. The van der Waals surface area contributed by atoms with Gasteiger partial charge in [-0.2, -0.15) is 0 Å². The molecule has 3 heterocycles. The Morgan fingerprint density at radius 2 is 0.774 bits per heavy atom. The van der Waals surface area contributed by atoms with Crippen LogP contribution in [0.15, 0.2) is 227 Å². The number of para-hydroxylation sites is 6. The summed E-state index contributed by atoms with van der Waals surface area (Å²) in [7, 11) is 0. The number of oxazole rings is 2. The predicted octanol–water partition coefficient (Wildman–Crippen LogP) is 15.2. The highest BCUT2D eigenvalue weighted by Crippen LogP contribution is 2.39.